The average molecular weight is 302 g/mol. The van der Waals surface area contributed by atoms with E-state index in [0.717, 1.165) is 17.9 Å². The molecule has 0 fully saturated rings. The van der Waals surface area contributed by atoms with Gasteiger partial charge in [0.05, 0.1) is 0 Å². The van der Waals surface area contributed by atoms with Crippen molar-refractivity contribution in [3.8, 4) is 0 Å². The molecule has 112 valence electrons. The quantitative estimate of drug-likeness (QED) is 0.849. The molecule has 0 spiro atoms. The molecule has 0 aliphatic heterocycles. The van der Waals surface area contributed by atoms with Crippen LogP contribution in [0.5, 0.6) is 0 Å². The van der Waals surface area contributed by atoms with E-state index < -0.39 is 0 Å². The van der Waals surface area contributed by atoms with E-state index in [1.807, 2.05) is 49.4 Å². The Kier molecular flexibility index (Phi) is 5.02. The Labute approximate surface area is 130 Å². The van der Waals surface area contributed by atoms with Gasteiger partial charge < -0.3 is 10.6 Å². The summed E-state index contributed by atoms with van der Waals surface area (Å²) in [7, 11) is 0. The standard InChI is InChI=1S/C17H22N2OS/c1-11(2)17(20)19-16-7-5-6-15(9-16)18-10-14-8-12(3)21-13(14)4/h5-9,11,18H,10H2,1-4H3,(H,19,20). The monoisotopic (exact) mass is 302 g/mol. The maximum Gasteiger partial charge on any atom is 0.226 e. The van der Waals surface area contributed by atoms with Crippen molar-refractivity contribution < 1.29 is 4.79 Å². The predicted molar refractivity (Wildman–Crippen MR) is 91.0 cm³/mol. The third-order valence-electron chi connectivity index (χ3n) is 3.28. The minimum absolute atomic E-state index is 0.0157. The lowest BCUT2D eigenvalue weighted by Crippen LogP contribution is -2.17. The van der Waals surface area contributed by atoms with Gasteiger partial charge in [-0.1, -0.05) is 19.9 Å². The van der Waals surface area contributed by atoms with Crippen molar-refractivity contribution in [3.05, 3.63) is 45.6 Å². The molecule has 21 heavy (non-hydrogen) atoms. The highest BCUT2D eigenvalue weighted by Gasteiger charge is 2.07. The number of amides is 1. The van der Waals surface area contributed by atoms with Gasteiger partial charge in [-0.2, -0.15) is 0 Å². The number of hydrogen-bond acceptors (Lipinski definition) is 3. The SMILES string of the molecule is Cc1cc(CNc2cccc(NC(=O)C(C)C)c2)c(C)s1. The molecule has 1 aromatic carbocycles. The number of thiophene rings is 1. The molecule has 0 bridgehead atoms. The second-order valence-corrected chi connectivity index (χ2v) is 6.98. The van der Waals surface area contributed by atoms with Gasteiger partial charge in [-0.15, -0.1) is 11.3 Å². The molecule has 0 aliphatic carbocycles. The van der Waals surface area contributed by atoms with Crippen LogP contribution >= 0.6 is 11.3 Å². The minimum atomic E-state index is -0.0157. The summed E-state index contributed by atoms with van der Waals surface area (Å²) in [6.45, 7) is 8.85. The van der Waals surface area contributed by atoms with Crippen molar-refractivity contribution in [3.63, 3.8) is 0 Å². The highest BCUT2D eigenvalue weighted by atomic mass is 32.1. The number of nitrogens with one attached hydrogen (secondary N) is 2. The summed E-state index contributed by atoms with van der Waals surface area (Å²) >= 11 is 1.82. The highest BCUT2D eigenvalue weighted by Crippen LogP contribution is 2.22. The van der Waals surface area contributed by atoms with E-state index in [1.54, 1.807) is 0 Å². The summed E-state index contributed by atoms with van der Waals surface area (Å²) in [6.07, 6.45) is 0. The van der Waals surface area contributed by atoms with E-state index in [-0.39, 0.29) is 11.8 Å². The fraction of sp³-hybridized carbons (Fsp3) is 0.353. The average Bonchev–Trinajstić information content (AvgIpc) is 2.75. The summed E-state index contributed by atoms with van der Waals surface area (Å²) in [6, 6.07) is 10.1. The molecular formula is C17H22N2OS. The van der Waals surface area contributed by atoms with Gasteiger partial charge >= 0.3 is 0 Å². The molecule has 0 saturated heterocycles. The molecule has 3 nitrogen and oxygen atoms in total. The van der Waals surface area contributed by atoms with E-state index in [1.165, 1.54) is 15.3 Å². The van der Waals surface area contributed by atoms with E-state index >= 15 is 0 Å². The zero-order chi connectivity index (χ0) is 15.4. The molecule has 4 heteroatoms. The van der Waals surface area contributed by atoms with E-state index in [4.69, 9.17) is 0 Å². The second kappa shape index (κ2) is 6.76. The lowest BCUT2D eigenvalue weighted by Gasteiger charge is -2.11. The van der Waals surface area contributed by atoms with Gasteiger partial charge in [0.15, 0.2) is 0 Å². The van der Waals surface area contributed by atoms with E-state index in [0.29, 0.717) is 0 Å². The number of benzene rings is 1. The van der Waals surface area contributed by atoms with Gasteiger partial charge in [0, 0.05) is 33.6 Å². The lowest BCUT2D eigenvalue weighted by atomic mass is 10.2. The smallest absolute Gasteiger partial charge is 0.226 e. The maximum absolute atomic E-state index is 11.7. The first-order chi connectivity index (χ1) is 9.95. The summed E-state index contributed by atoms with van der Waals surface area (Å²) in [4.78, 5) is 14.4. The molecular weight excluding hydrogens is 280 g/mol. The summed E-state index contributed by atoms with van der Waals surface area (Å²) < 4.78 is 0. The second-order valence-electron chi connectivity index (χ2n) is 5.52. The number of carbonyl (C=O) groups is 1. The molecule has 0 radical (unpaired) electrons. The Morgan fingerprint density at radius 3 is 2.52 bits per heavy atom. The first-order valence-electron chi connectivity index (χ1n) is 7.16. The van der Waals surface area contributed by atoms with Crippen LogP contribution in [0.15, 0.2) is 30.3 Å². The molecule has 0 saturated carbocycles. The maximum atomic E-state index is 11.7. The van der Waals surface area contributed by atoms with Crippen LogP contribution in [-0.4, -0.2) is 5.91 Å². The Morgan fingerprint density at radius 2 is 1.90 bits per heavy atom. The Morgan fingerprint density at radius 1 is 1.19 bits per heavy atom. The van der Waals surface area contributed by atoms with Gasteiger partial charge in [0.1, 0.15) is 0 Å². The number of hydrogen-bond donors (Lipinski definition) is 2. The normalized spacial score (nSPS) is 10.7. The van der Waals surface area contributed by atoms with Crippen LogP contribution in [0, 0.1) is 19.8 Å². The van der Waals surface area contributed by atoms with Crippen LogP contribution in [0.25, 0.3) is 0 Å². The number of rotatable bonds is 5. The van der Waals surface area contributed by atoms with Crippen LogP contribution in [0.1, 0.15) is 29.2 Å². The van der Waals surface area contributed by atoms with Crippen molar-refractivity contribution in [1.82, 2.24) is 0 Å². The van der Waals surface area contributed by atoms with Crippen molar-refractivity contribution in [2.75, 3.05) is 10.6 Å². The Balaban J connectivity index is 2.01. The molecule has 2 rings (SSSR count). The van der Waals surface area contributed by atoms with Crippen LogP contribution in [0.4, 0.5) is 11.4 Å². The Hall–Kier alpha value is -1.81. The van der Waals surface area contributed by atoms with Crippen LogP contribution in [0.3, 0.4) is 0 Å². The molecule has 0 atom stereocenters. The van der Waals surface area contributed by atoms with Crippen LogP contribution in [0.2, 0.25) is 0 Å². The van der Waals surface area contributed by atoms with Gasteiger partial charge in [0.2, 0.25) is 5.91 Å². The molecule has 1 amide bonds. The number of carbonyl (C=O) groups excluding carboxylic acids is 1. The van der Waals surface area contributed by atoms with Crippen LogP contribution in [-0.2, 0) is 11.3 Å². The van der Waals surface area contributed by atoms with Crippen molar-refractivity contribution >= 4 is 28.6 Å². The van der Waals surface area contributed by atoms with Gasteiger partial charge in [-0.05, 0) is 43.7 Å². The highest BCUT2D eigenvalue weighted by molar-refractivity contribution is 7.12. The molecule has 2 N–H and O–H groups in total. The zero-order valence-corrected chi connectivity index (χ0v) is 13.8. The molecule has 1 aromatic heterocycles. The molecule has 0 unspecified atom stereocenters. The van der Waals surface area contributed by atoms with Gasteiger partial charge in [-0.25, -0.2) is 0 Å². The molecule has 1 heterocycles. The number of aryl methyl sites for hydroxylation is 2. The van der Waals surface area contributed by atoms with Crippen LogP contribution < -0.4 is 10.6 Å². The first-order valence-corrected chi connectivity index (χ1v) is 7.98. The Bertz CT molecular complexity index is 631. The third-order valence-corrected chi connectivity index (χ3v) is 4.29. The topological polar surface area (TPSA) is 41.1 Å². The largest absolute Gasteiger partial charge is 0.381 e. The molecule has 2 aromatic rings. The van der Waals surface area contributed by atoms with Crippen molar-refractivity contribution in [2.45, 2.75) is 34.2 Å². The lowest BCUT2D eigenvalue weighted by molar-refractivity contribution is -0.118. The van der Waals surface area contributed by atoms with Gasteiger partial charge in [0.25, 0.3) is 0 Å². The fourth-order valence-corrected chi connectivity index (χ4v) is 3.00. The summed E-state index contributed by atoms with van der Waals surface area (Å²) in [5.74, 6) is 0.0227. The summed E-state index contributed by atoms with van der Waals surface area (Å²) in [5, 5.41) is 6.33. The molecule has 0 aliphatic rings. The van der Waals surface area contributed by atoms with Crippen molar-refractivity contribution in [1.29, 1.82) is 0 Å². The predicted octanol–water partition coefficient (Wildman–Crippen LogP) is 4.57. The first kappa shape index (κ1) is 15.6. The number of anilines is 2. The third kappa shape index (κ3) is 4.33. The zero-order valence-electron chi connectivity index (χ0n) is 13.0. The van der Waals surface area contributed by atoms with Gasteiger partial charge in [-0.3, -0.25) is 4.79 Å². The van der Waals surface area contributed by atoms with E-state index in [9.17, 15) is 4.79 Å². The fourth-order valence-electron chi connectivity index (χ4n) is 2.05. The summed E-state index contributed by atoms with van der Waals surface area (Å²) in [5.41, 5.74) is 3.17. The van der Waals surface area contributed by atoms with Crippen molar-refractivity contribution in [2.24, 2.45) is 5.92 Å². The minimum Gasteiger partial charge on any atom is -0.381 e. The van der Waals surface area contributed by atoms with E-state index in [2.05, 4.69) is 30.5 Å².